The third-order valence-electron chi connectivity index (χ3n) is 3.70. The van der Waals surface area contributed by atoms with Crippen LogP contribution in [0.1, 0.15) is 49.4 Å². The van der Waals surface area contributed by atoms with Crippen molar-refractivity contribution < 1.29 is 9.53 Å². The van der Waals surface area contributed by atoms with Crippen molar-refractivity contribution in [3.63, 3.8) is 0 Å². The molecule has 0 radical (unpaired) electrons. The summed E-state index contributed by atoms with van der Waals surface area (Å²) in [6.45, 7) is 2.79. The van der Waals surface area contributed by atoms with Crippen molar-refractivity contribution in [3.05, 3.63) is 29.8 Å². The van der Waals surface area contributed by atoms with Crippen LogP contribution in [0.2, 0.25) is 0 Å². The molecule has 2 N–H and O–H groups in total. The van der Waals surface area contributed by atoms with Gasteiger partial charge in [0.1, 0.15) is 5.75 Å². The van der Waals surface area contributed by atoms with E-state index in [4.69, 9.17) is 10.5 Å². The fourth-order valence-corrected chi connectivity index (χ4v) is 2.64. The van der Waals surface area contributed by atoms with Crippen LogP contribution in [0, 0.1) is 5.92 Å². The molecule has 2 atom stereocenters. The molecule has 1 fully saturated rings. The van der Waals surface area contributed by atoms with Gasteiger partial charge >= 0.3 is 0 Å². The largest absolute Gasteiger partial charge is 0.494 e. The molecular weight excluding hydrogens is 238 g/mol. The van der Waals surface area contributed by atoms with Crippen LogP contribution in [0.4, 0.5) is 0 Å². The van der Waals surface area contributed by atoms with E-state index in [0.29, 0.717) is 6.61 Å². The van der Waals surface area contributed by atoms with Crippen LogP contribution in [0.5, 0.6) is 5.75 Å². The van der Waals surface area contributed by atoms with Crippen LogP contribution in [0.15, 0.2) is 24.3 Å². The zero-order chi connectivity index (χ0) is 13.7. The molecule has 0 spiro atoms. The van der Waals surface area contributed by atoms with Gasteiger partial charge in [0.05, 0.1) is 6.61 Å². The summed E-state index contributed by atoms with van der Waals surface area (Å²) in [5.74, 6) is 1.17. The van der Waals surface area contributed by atoms with Gasteiger partial charge in [0.15, 0.2) is 5.78 Å². The Morgan fingerprint density at radius 1 is 1.32 bits per heavy atom. The van der Waals surface area contributed by atoms with Gasteiger partial charge in [-0.15, -0.1) is 0 Å². The van der Waals surface area contributed by atoms with Crippen molar-refractivity contribution in [2.24, 2.45) is 11.7 Å². The molecule has 1 aliphatic carbocycles. The molecule has 1 aromatic carbocycles. The van der Waals surface area contributed by atoms with Crippen LogP contribution >= 0.6 is 0 Å². The van der Waals surface area contributed by atoms with Gasteiger partial charge in [-0.1, -0.05) is 13.3 Å². The number of ketones is 1. The maximum atomic E-state index is 12.4. The fraction of sp³-hybridized carbons (Fsp3) is 0.562. The van der Waals surface area contributed by atoms with Crippen molar-refractivity contribution in [1.82, 2.24) is 0 Å². The van der Waals surface area contributed by atoms with Gasteiger partial charge in [-0.05, 0) is 49.9 Å². The van der Waals surface area contributed by atoms with E-state index in [1.807, 2.05) is 24.3 Å². The van der Waals surface area contributed by atoms with Crippen molar-refractivity contribution in [3.8, 4) is 5.75 Å². The number of carbonyl (C=O) groups is 1. The number of benzene rings is 1. The zero-order valence-corrected chi connectivity index (χ0v) is 11.6. The van der Waals surface area contributed by atoms with Crippen LogP contribution in [0.3, 0.4) is 0 Å². The van der Waals surface area contributed by atoms with E-state index in [2.05, 4.69) is 6.92 Å². The molecular formula is C16H23NO2. The number of nitrogens with two attached hydrogens (primary N) is 1. The lowest BCUT2D eigenvalue weighted by atomic mass is 9.81. The number of rotatable bonds is 5. The lowest BCUT2D eigenvalue weighted by Gasteiger charge is -2.25. The van der Waals surface area contributed by atoms with E-state index in [-0.39, 0.29) is 17.7 Å². The first-order valence-electron chi connectivity index (χ1n) is 7.23. The molecule has 0 aliphatic heterocycles. The SMILES string of the molecule is CCCOc1ccc(C(=O)C2CCCC(N)C2)cc1. The molecule has 19 heavy (non-hydrogen) atoms. The first-order valence-corrected chi connectivity index (χ1v) is 7.23. The average Bonchev–Trinajstić information content (AvgIpc) is 2.45. The molecule has 104 valence electrons. The highest BCUT2D eigenvalue weighted by molar-refractivity contribution is 5.98. The summed E-state index contributed by atoms with van der Waals surface area (Å²) in [6, 6.07) is 7.69. The minimum atomic E-state index is 0.103. The first kappa shape index (κ1) is 14.1. The minimum absolute atomic E-state index is 0.103. The fourth-order valence-electron chi connectivity index (χ4n) is 2.64. The molecule has 3 heteroatoms. The van der Waals surface area contributed by atoms with Gasteiger partial charge in [-0.2, -0.15) is 0 Å². The summed E-state index contributed by atoms with van der Waals surface area (Å²) in [7, 11) is 0. The molecule has 0 amide bonds. The number of hydrogen-bond acceptors (Lipinski definition) is 3. The third-order valence-corrected chi connectivity index (χ3v) is 3.70. The smallest absolute Gasteiger partial charge is 0.166 e. The van der Waals surface area contributed by atoms with Crippen LogP contribution < -0.4 is 10.5 Å². The van der Waals surface area contributed by atoms with E-state index in [1.54, 1.807) is 0 Å². The Morgan fingerprint density at radius 3 is 2.68 bits per heavy atom. The standard InChI is InChI=1S/C16H23NO2/c1-2-10-19-15-8-6-12(7-9-15)16(18)13-4-3-5-14(17)11-13/h6-9,13-14H,2-5,10-11,17H2,1H3. The molecule has 2 unspecified atom stereocenters. The lowest BCUT2D eigenvalue weighted by Crippen LogP contribution is -2.31. The molecule has 2 rings (SSSR count). The molecule has 0 aromatic heterocycles. The van der Waals surface area contributed by atoms with Crippen LogP contribution in [-0.2, 0) is 0 Å². The topological polar surface area (TPSA) is 52.3 Å². The molecule has 0 bridgehead atoms. The van der Waals surface area contributed by atoms with E-state index >= 15 is 0 Å². The van der Waals surface area contributed by atoms with E-state index in [0.717, 1.165) is 43.4 Å². The number of hydrogen-bond donors (Lipinski definition) is 1. The van der Waals surface area contributed by atoms with E-state index in [9.17, 15) is 4.79 Å². The van der Waals surface area contributed by atoms with Gasteiger partial charge < -0.3 is 10.5 Å². The second-order valence-electron chi connectivity index (χ2n) is 5.36. The maximum absolute atomic E-state index is 12.4. The second-order valence-corrected chi connectivity index (χ2v) is 5.36. The highest BCUT2D eigenvalue weighted by Crippen LogP contribution is 2.27. The van der Waals surface area contributed by atoms with Gasteiger partial charge in [0, 0.05) is 17.5 Å². The van der Waals surface area contributed by atoms with Crippen LogP contribution in [-0.4, -0.2) is 18.4 Å². The van der Waals surface area contributed by atoms with E-state index in [1.165, 1.54) is 0 Å². The minimum Gasteiger partial charge on any atom is -0.494 e. The lowest BCUT2D eigenvalue weighted by molar-refractivity contribution is 0.0881. The van der Waals surface area contributed by atoms with Crippen molar-refractivity contribution in [1.29, 1.82) is 0 Å². The molecule has 3 nitrogen and oxygen atoms in total. The van der Waals surface area contributed by atoms with Gasteiger partial charge in [0.2, 0.25) is 0 Å². The van der Waals surface area contributed by atoms with Crippen LogP contribution in [0.25, 0.3) is 0 Å². The molecule has 1 aromatic rings. The maximum Gasteiger partial charge on any atom is 0.166 e. The summed E-state index contributed by atoms with van der Waals surface area (Å²) in [4.78, 5) is 12.4. The van der Waals surface area contributed by atoms with Gasteiger partial charge in [-0.3, -0.25) is 4.79 Å². The van der Waals surface area contributed by atoms with Crippen molar-refractivity contribution in [2.75, 3.05) is 6.61 Å². The summed E-state index contributed by atoms with van der Waals surface area (Å²) < 4.78 is 5.52. The quantitative estimate of drug-likeness (QED) is 0.828. The Balaban J connectivity index is 1.98. The third kappa shape index (κ3) is 3.80. The second kappa shape index (κ2) is 6.71. The summed E-state index contributed by atoms with van der Waals surface area (Å²) in [5.41, 5.74) is 6.73. The van der Waals surface area contributed by atoms with Gasteiger partial charge in [-0.25, -0.2) is 0 Å². The molecule has 1 aliphatic rings. The highest BCUT2D eigenvalue weighted by Gasteiger charge is 2.25. The first-order chi connectivity index (χ1) is 9.20. The highest BCUT2D eigenvalue weighted by atomic mass is 16.5. The Bertz CT molecular complexity index is 413. The Labute approximate surface area is 115 Å². The average molecular weight is 261 g/mol. The van der Waals surface area contributed by atoms with Crippen molar-refractivity contribution in [2.45, 2.75) is 45.1 Å². The summed E-state index contributed by atoms with van der Waals surface area (Å²) in [6.07, 6.45) is 4.90. The normalized spacial score (nSPS) is 23.1. The number of carbonyl (C=O) groups excluding carboxylic acids is 1. The predicted molar refractivity (Wildman–Crippen MR) is 76.5 cm³/mol. The molecule has 1 saturated carbocycles. The zero-order valence-electron chi connectivity index (χ0n) is 11.6. The monoisotopic (exact) mass is 261 g/mol. The van der Waals surface area contributed by atoms with Gasteiger partial charge in [0.25, 0.3) is 0 Å². The Hall–Kier alpha value is -1.35. The molecule has 0 heterocycles. The van der Waals surface area contributed by atoms with Crippen molar-refractivity contribution >= 4 is 5.78 Å². The Kier molecular flexibility index (Phi) is 4.97. The predicted octanol–water partition coefficient (Wildman–Crippen LogP) is 3.18. The Morgan fingerprint density at radius 2 is 2.05 bits per heavy atom. The van der Waals surface area contributed by atoms with E-state index < -0.39 is 0 Å². The number of ether oxygens (including phenoxy) is 1. The molecule has 0 saturated heterocycles. The summed E-state index contributed by atoms with van der Waals surface area (Å²) >= 11 is 0. The number of Topliss-reactive ketones (excluding diaryl/α,β-unsaturated/α-hetero) is 1. The summed E-state index contributed by atoms with van der Waals surface area (Å²) in [5, 5.41) is 0.